The summed E-state index contributed by atoms with van der Waals surface area (Å²) in [5.74, 6) is 0.320. The van der Waals surface area contributed by atoms with Crippen molar-refractivity contribution >= 4 is 6.09 Å². The molecule has 1 rings (SSSR count). The van der Waals surface area contributed by atoms with E-state index in [9.17, 15) is 4.79 Å². The highest BCUT2D eigenvalue weighted by atomic mass is 16.6. The molecule has 0 fully saturated rings. The smallest absolute Gasteiger partial charge is 0.410 e. The first-order valence-corrected chi connectivity index (χ1v) is 4.88. The highest BCUT2D eigenvalue weighted by Crippen LogP contribution is 2.10. The van der Waals surface area contributed by atoms with Crippen LogP contribution in [-0.4, -0.2) is 34.4 Å². The first kappa shape index (κ1) is 12.4. The van der Waals surface area contributed by atoms with E-state index in [1.165, 1.54) is 18.3 Å². The maximum Gasteiger partial charge on any atom is 0.412 e. The van der Waals surface area contributed by atoms with Gasteiger partial charge in [-0.3, -0.25) is 4.98 Å². The second-order valence-electron chi connectivity index (χ2n) is 3.03. The summed E-state index contributed by atoms with van der Waals surface area (Å²) in [5.41, 5.74) is 0.431. The maximum atomic E-state index is 11.2. The zero-order valence-electron chi connectivity index (χ0n) is 8.72. The van der Waals surface area contributed by atoms with Crippen LogP contribution in [0.3, 0.4) is 0 Å². The van der Waals surface area contributed by atoms with E-state index >= 15 is 0 Å². The Kier molecular flexibility index (Phi) is 5.24. The zero-order chi connectivity index (χ0) is 11.8. The summed E-state index contributed by atoms with van der Waals surface area (Å²) in [7, 11) is 0. The van der Waals surface area contributed by atoms with E-state index in [4.69, 9.17) is 14.9 Å². The van der Waals surface area contributed by atoms with Crippen LogP contribution in [0, 0.1) is 0 Å². The van der Waals surface area contributed by atoms with Gasteiger partial charge in [0.2, 0.25) is 0 Å². The first-order chi connectivity index (χ1) is 7.76. The van der Waals surface area contributed by atoms with E-state index in [0.29, 0.717) is 24.4 Å². The highest BCUT2D eigenvalue weighted by Gasteiger charge is 2.04. The number of carbonyl (C=O) groups is 1. The minimum atomic E-state index is -0.594. The molecule has 1 amide bonds. The van der Waals surface area contributed by atoms with Crippen molar-refractivity contribution in [1.82, 2.24) is 10.3 Å². The fourth-order valence-corrected chi connectivity index (χ4v) is 1.02. The highest BCUT2D eigenvalue weighted by molar-refractivity contribution is 5.70. The van der Waals surface area contributed by atoms with Crippen molar-refractivity contribution in [2.24, 2.45) is 0 Å². The Morgan fingerprint density at radius 2 is 2.31 bits per heavy atom. The van der Waals surface area contributed by atoms with Gasteiger partial charge in [0.1, 0.15) is 5.75 Å². The molecule has 0 aromatic carbocycles. The molecule has 0 atom stereocenters. The number of aliphatic hydroxyl groups excluding tert-OH is 2. The monoisotopic (exact) mass is 226 g/mol. The van der Waals surface area contributed by atoms with Gasteiger partial charge in [-0.15, -0.1) is 0 Å². The molecular formula is C10H14N2O4. The van der Waals surface area contributed by atoms with Gasteiger partial charge < -0.3 is 20.3 Å². The van der Waals surface area contributed by atoms with E-state index in [1.54, 1.807) is 0 Å². The standard InChI is InChI=1S/C10H14N2O4/c13-5-1-3-12-10(15)16-9-2-4-11-8(6-9)7-14/h2,4,6,13-14H,1,3,5,7H2,(H,12,15). The van der Waals surface area contributed by atoms with E-state index in [1.807, 2.05) is 0 Å². The van der Waals surface area contributed by atoms with Crippen LogP contribution in [0.15, 0.2) is 18.3 Å². The predicted octanol–water partition coefficient (Wildman–Crippen LogP) is 0.0447. The van der Waals surface area contributed by atoms with Crippen molar-refractivity contribution in [2.45, 2.75) is 13.0 Å². The molecule has 3 N–H and O–H groups in total. The fourth-order valence-electron chi connectivity index (χ4n) is 1.02. The minimum absolute atomic E-state index is 0.0181. The van der Waals surface area contributed by atoms with Crippen LogP contribution >= 0.6 is 0 Å². The van der Waals surface area contributed by atoms with E-state index in [-0.39, 0.29) is 13.2 Å². The summed E-state index contributed by atoms with van der Waals surface area (Å²) >= 11 is 0. The Labute approximate surface area is 92.9 Å². The van der Waals surface area contributed by atoms with Gasteiger partial charge in [0.15, 0.2) is 0 Å². The molecular weight excluding hydrogens is 212 g/mol. The van der Waals surface area contributed by atoms with E-state index < -0.39 is 6.09 Å². The number of nitrogens with one attached hydrogen (secondary N) is 1. The molecule has 6 heteroatoms. The number of hydrogen-bond donors (Lipinski definition) is 3. The zero-order valence-corrected chi connectivity index (χ0v) is 8.72. The molecule has 0 bridgehead atoms. The lowest BCUT2D eigenvalue weighted by atomic mass is 10.3. The molecule has 0 saturated carbocycles. The van der Waals surface area contributed by atoms with Gasteiger partial charge in [0, 0.05) is 25.4 Å². The Morgan fingerprint density at radius 1 is 1.50 bits per heavy atom. The number of aromatic nitrogens is 1. The summed E-state index contributed by atoms with van der Waals surface area (Å²) in [5, 5.41) is 19.8. The lowest BCUT2D eigenvalue weighted by molar-refractivity contribution is 0.198. The molecule has 16 heavy (non-hydrogen) atoms. The second kappa shape index (κ2) is 6.76. The summed E-state index contributed by atoms with van der Waals surface area (Å²) in [6.07, 6.45) is 1.33. The lowest BCUT2D eigenvalue weighted by Crippen LogP contribution is -2.28. The molecule has 0 aliphatic heterocycles. The number of ether oxygens (including phenoxy) is 1. The Bertz CT molecular complexity index is 343. The fraction of sp³-hybridized carbons (Fsp3) is 0.400. The Morgan fingerprint density at radius 3 is 3.00 bits per heavy atom. The van der Waals surface area contributed by atoms with Gasteiger partial charge in [-0.05, 0) is 12.5 Å². The van der Waals surface area contributed by atoms with Crippen molar-refractivity contribution in [3.05, 3.63) is 24.0 Å². The first-order valence-electron chi connectivity index (χ1n) is 4.88. The van der Waals surface area contributed by atoms with Gasteiger partial charge >= 0.3 is 6.09 Å². The molecule has 0 radical (unpaired) electrons. The number of amides is 1. The predicted molar refractivity (Wildman–Crippen MR) is 55.9 cm³/mol. The lowest BCUT2D eigenvalue weighted by Gasteiger charge is -2.06. The average Bonchev–Trinajstić information content (AvgIpc) is 2.29. The number of pyridine rings is 1. The number of aliphatic hydroxyl groups is 2. The van der Waals surface area contributed by atoms with Gasteiger partial charge in [0.05, 0.1) is 12.3 Å². The van der Waals surface area contributed by atoms with Crippen molar-refractivity contribution in [1.29, 1.82) is 0 Å². The number of rotatable bonds is 5. The third kappa shape index (κ3) is 4.24. The maximum absolute atomic E-state index is 11.2. The SMILES string of the molecule is O=C(NCCCO)Oc1ccnc(CO)c1. The van der Waals surface area contributed by atoms with Gasteiger partial charge in [-0.25, -0.2) is 4.79 Å². The normalized spacial score (nSPS) is 9.88. The molecule has 0 unspecified atom stereocenters. The van der Waals surface area contributed by atoms with E-state index in [2.05, 4.69) is 10.3 Å². The molecule has 88 valence electrons. The quantitative estimate of drug-likeness (QED) is 0.617. The third-order valence-electron chi connectivity index (χ3n) is 1.76. The molecule has 0 saturated heterocycles. The molecule has 1 aromatic heterocycles. The van der Waals surface area contributed by atoms with Gasteiger partial charge in [-0.2, -0.15) is 0 Å². The molecule has 1 aromatic rings. The van der Waals surface area contributed by atoms with E-state index in [0.717, 1.165) is 0 Å². The number of hydrogen-bond acceptors (Lipinski definition) is 5. The van der Waals surface area contributed by atoms with Crippen LogP contribution in [0.1, 0.15) is 12.1 Å². The summed E-state index contributed by atoms with van der Waals surface area (Å²) in [6.45, 7) is 0.167. The topological polar surface area (TPSA) is 91.7 Å². The summed E-state index contributed by atoms with van der Waals surface area (Å²) in [4.78, 5) is 15.0. The summed E-state index contributed by atoms with van der Waals surface area (Å²) in [6, 6.07) is 3.00. The van der Waals surface area contributed by atoms with Crippen LogP contribution in [0.5, 0.6) is 5.75 Å². The van der Waals surface area contributed by atoms with Gasteiger partial charge in [0.25, 0.3) is 0 Å². The van der Waals surface area contributed by atoms with Crippen LogP contribution in [-0.2, 0) is 6.61 Å². The molecule has 0 aliphatic rings. The van der Waals surface area contributed by atoms with Crippen LogP contribution < -0.4 is 10.1 Å². The Hall–Kier alpha value is -1.66. The van der Waals surface area contributed by atoms with Crippen LogP contribution in [0.25, 0.3) is 0 Å². The molecule has 1 heterocycles. The second-order valence-corrected chi connectivity index (χ2v) is 3.03. The molecule has 0 aliphatic carbocycles. The molecule has 0 spiro atoms. The third-order valence-corrected chi connectivity index (χ3v) is 1.76. The van der Waals surface area contributed by atoms with Gasteiger partial charge in [-0.1, -0.05) is 0 Å². The minimum Gasteiger partial charge on any atom is -0.410 e. The largest absolute Gasteiger partial charge is 0.412 e. The van der Waals surface area contributed by atoms with Crippen molar-refractivity contribution < 1.29 is 19.7 Å². The molecule has 6 nitrogen and oxygen atoms in total. The average molecular weight is 226 g/mol. The summed E-state index contributed by atoms with van der Waals surface area (Å²) < 4.78 is 4.92. The van der Waals surface area contributed by atoms with Crippen LogP contribution in [0.2, 0.25) is 0 Å². The number of nitrogens with zero attached hydrogens (tertiary/aromatic N) is 1. The van der Waals surface area contributed by atoms with Crippen molar-refractivity contribution in [3.8, 4) is 5.75 Å². The van der Waals surface area contributed by atoms with Crippen LogP contribution in [0.4, 0.5) is 4.79 Å². The van der Waals surface area contributed by atoms with Crippen molar-refractivity contribution in [3.63, 3.8) is 0 Å². The number of carbonyl (C=O) groups excluding carboxylic acids is 1. The van der Waals surface area contributed by atoms with Crippen molar-refractivity contribution in [2.75, 3.05) is 13.2 Å². The Balaban J connectivity index is 2.43.